The molecular weight excluding hydrogens is 308 g/mol. The third kappa shape index (κ3) is 4.34. The van der Waals surface area contributed by atoms with Gasteiger partial charge in [0.05, 0.1) is 0 Å². The van der Waals surface area contributed by atoms with E-state index in [1.807, 2.05) is 11.3 Å². The van der Waals surface area contributed by atoms with E-state index in [-0.39, 0.29) is 0 Å². The summed E-state index contributed by atoms with van der Waals surface area (Å²) in [5.74, 6) is 1.67. The van der Waals surface area contributed by atoms with Crippen molar-refractivity contribution < 1.29 is 0 Å². The third-order valence-electron chi connectivity index (χ3n) is 3.92. The van der Waals surface area contributed by atoms with E-state index in [4.69, 9.17) is 5.73 Å². The summed E-state index contributed by atoms with van der Waals surface area (Å²) in [4.78, 5) is 3.91. The van der Waals surface area contributed by atoms with Crippen molar-refractivity contribution in [2.75, 3.05) is 20.1 Å². The number of thiophene rings is 1. The minimum absolute atomic E-state index is 0.791. The quantitative estimate of drug-likeness (QED) is 0.891. The van der Waals surface area contributed by atoms with Crippen LogP contribution in [0, 0.1) is 11.8 Å². The van der Waals surface area contributed by atoms with Crippen LogP contribution in [0.15, 0.2) is 15.9 Å². The Labute approximate surface area is 123 Å². The highest BCUT2D eigenvalue weighted by Crippen LogP contribution is 2.29. The van der Waals surface area contributed by atoms with Gasteiger partial charge in [0.25, 0.3) is 0 Å². The molecular formula is C14H23BrN2S. The molecule has 0 amide bonds. The first-order valence-corrected chi connectivity index (χ1v) is 8.46. The van der Waals surface area contributed by atoms with Gasteiger partial charge < -0.3 is 10.6 Å². The van der Waals surface area contributed by atoms with Crippen LogP contribution in [-0.4, -0.2) is 25.0 Å². The lowest BCUT2D eigenvalue weighted by Crippen LogP contribution is -2.29. The van der Waals surface area contributed by atoms with Gasteiger partial charge in [-0.05, 0) is 73.1 Å². The van der Waals surface area contributed by atoms with Gasteiger partial charge in [-0.25, -0.2) is 0 Å². The highest BCUT2D eigenvalue weighted by molar-refractivity contribution is 9.10. The Morgan fingerprint density at radius 1 is 1.33 bits per heavy atom. The van der Waals surface area contributed by atoms with Crippen LogP contribution in [0.3, 0.4) is 0 Å². The Hall–Kier alpha value is 0.1000. The first-order valence-electron chi connectivity index (χ1n) is 6.79. The summed E-state index contributed by atoms with van der Waals surface area (Å²) in [5, 5.41) is 2.16. The van der Waals surface area contributed by atoms with Crippen molar-refractivity contribution in [3.63, 3.8) is 0 Å². The molecule has 18 heavy (non-hydrogen) atoms. The van der Waals surface area contributed by atoms with Crippen molar-refractivity contribution in [3.05, 3.63) is 20.8 Å². The van der Waals surface area contributed by atoms with Crippen LogP contribution < -0.4 is 5.73 Å². The number of nitrogens with two attached hydrogens (primary N) is 1. The van der Waals surface area contributed by atoms with Gasteiger partial charge in [0.2, 0.25) is 0 Å². The van der Waals surface area contributed by atoms with Crippen molar-refractivity contribution in [2.45, 2.75) is 32.2 Å². The maximum absolute atomic E-state index is 5.74. The second kappa shape index (κ2) is 7.04. The van der Waals surface area contributed by atoms with Crippen molar-refractivity contribution >= 4 is 27.3 Å². The molecule has 4 heteroatoms. The smallest absolute Gasteiger partial charge is 0.0325 e. The fraction of sp³-hybridized carbons (Fsp3) is 0.714. The topological polar surface area (TPSA) is 29.3 Å². The molecule has 1 heterocycles. The van der Waals surface area contributed by atoms with Crippen LogP contribution in [0.2, 0.25) is 0 Å². The van der Waals surface area contributed by atoms with Crippen LogP contribution in [-0.2, 0) is 6.54 Å². The predicted octanol–water partition coefficient (Wildman–Crippen LogP) is 3.71. The van der Waals surface area contributed by atoms with Crippen LogP contribution in [0.25, 0.3) is 0 Å². The molecule has 0 unspecified atom stereocenters. The molecule has 0 aliphatic heterocycles. The van der Waals surface area contributed by atoms with E-state index < -0.39 is 0 Å². The summed E-state index contributed by atoms with van der Waals surface area (Å²) in [5.41, 5.74) is 5.74. The molecule has 1 aromatic heterocycles. The molecule has 0 spiro atoms. The number of rotatable bonds is 5. The van der Waals surface area contributed by atoms with E-state index in [1.165, 1.54) is 41.6 Å². The SMILES string of the molecule is CN(Cc1cc(Br)cs1)CC1CCC(CN)CC1. The molecule has 0 aromatic carbocycles. The molecule has 2 N–H and O–H groups in total. The highest BCUT2D eigenvalue weighted by Gasteiger charge is 2.21. The lowest BCUT2D eigenvalue weighted by Gasteiger charge is -2.30. The Morgan fingerprint density at radius 3 is 2.56 bits per heavy atom. The van der Waals surface area contributed by atoms with Gasteiger partial charge in [-0.15, -0.1) is 11.3 Å². The molecule has 1 aromatic rings. The maximum Gasteiger partial charge on any atom is 0.0325 e. The molecule has 1 saturated carbocycles. The second-order valence-corrected chi connectivity index (χ2v) is 7.46. The summed E-state index contributed by atoms with van der Waals surface area (Å²) in [7, 11) is 2.24. The molecule has 1 aliphatic rings. The van der Waals surface area contributed by atoms with Crippen molar-refractivity contribution in [1.29, 1.82) is 0 Å². The van der Waals surface area contributed by atoms with Crippen LogP contribution in [0.5, 0.6) is 0 Å². The third-order valence-corrected chi connectivity index (χ3v) is 5.60. The van der Waals surface area contributed by atoms with Crippen molar-refractivity contribution in [1.82, 2.24) is 4.90 Å². The fourth-order valence-electron chi connectivity index (χ4n) is 2.86. The van der Waals surface area contributed by atoms with E-state index >= 15 is 0 Å². The molecule has 0 bridgehead atoms. The van der Waals surface area contributed by atoms with Gasteiger partial charge in [0, 0.05) is 27.8 Å². The molecule has 2 nitrogen and oxygen atoms in total. The van der Waals surface area contributed by atoms with E-state index in [1.54, 1.807) is 0 Å². The Bertz CT molecular complexity index is 358. The maximum atomic E-state index is 5.74. The summed E-state index contributed by atoms with van der Waals surface area (Å²) in [6.45, 7) is 3.19. The normalized spacial score (nSPS) is 24.7. The zero-order chi connectivity index (χ0) is 13.0. The standard InChI is InChI=1S/C14H23BrN2S/c1-17(9-14-6-13(15)10-18-14)8-12-4-2-11(7-16)3-5-12/h6,10-12H,2-5,7-9,16H2,1H3. The van der Waals surface area contributed by atoms with Gasteiger partial charge in [-0.3, -0.25) is 0 Å². The zero-order valence-electron chi connectivity index (χ0n) is 11.1. The molecule has 102 valence electrons. The van der Waals surface area contributed by atoms with Gasteiger partial charge in [-0.1, -0.05) is 0 Å². The highest BCUT2D eigenvalue weighted by atomic mass is 79.9. The lowest BCUT2D eigenvalue weighted by atomic mass is 9.82. The van der Waals surface area contributed by atoms with Crippen LogP contribution >= 0.6 is 27.3 Å². The van der Waals surface area contributed by atoms with Gasteiger partial charge >= 0.3 is 0 Å². The van der Waals surface area contributed by atoms with Crippen molar-refractivity contribution in [3.8, 4) is 0 Å². The second-order valence-electron chi connectivity index (χ2n) is 5.55. The van der Waals surface area contributed by atoms with Gasteiger partial charge in [0.1, 0.15) is 0 Å². The minimum atomic E-state index is 0.791. The summed E-state index contributed by atoms with van der Waals surface area (Å²) < 4.78 is 1.21. The van der Waals surface area contributed by atoms with Gasteiger partial charge in [0.15, 0.2) is 0 Å². The Balaban J connectivity index is 1.73. The lowest BCUT2D eigenvalue weighted by molar-refractivity contribution is 0.202. The largest absolute Gasteiger partial charge is 0.330 e. The molecule has 0 saturated heterocycles. The molecule has 0 atom stereocenters. The van der Waals surface area contributed by atoms with Crippen molar-refractivity contribution in [2.24, 2.45) is 17.6 Å². The summed E-state index contributed by atoms with van der Waals surface area (Å²) in [6, 6.07) is 2.23. The Kier molecular flexibility index (Phi) is 5.67. The first-order chi connectivity index (χ1) is 8.67. The van der Waals surface area contributed by atoms with E-state index in [9.17, 15) is 0 Å². The summed E-state index contributed by atoms with van der Waals surface area (Å²) in [6.07, 6.45) is 5.39. The Morgan fingerprint density at radius 2 is 2.00 bits per heavy atom. The van der Waals surface area contributed by atoms with E-state index in [0.717, 1.165) is 24.9 Å². The first kappa shape index (κ1) is 14.5. The number of nitrogens with zero attached hydrogens (tertiary/aromatic N) is 1. The summed E-state index contributed by atoms with van der Waals surface area (Å²) >= 11 is 5.35. The fourth-order valence-corrected chi connectivity index (χ4v) is 4.39. The molecule has 1 aliphatic carbocycles. The number of halogens is 1. The minimum Gasteiger partial charge on any atom is -0.330 e. The average molecular weight is 331 g/mol. The molecule has 1 fully saturated rings. The van der Waals surface area contributed by atoms with E-state index in [0.29, 0.717) is 0 Å². The molecule has 0 radical (unpaired) electrons. The number of hydrogen-bond acceptors (Lipinski definition) is 3. The zero-order valence-corrected chi connectivity index (χ0v) is 13.5. The molecule has 2 rings (SSSR count). The average Bonchev–Trinajstić information content (AvgIpc) is 2.75. The van der Waals surface area contributed by atoms with Gasteiger partial charge in [-0.2, -0.15) is 0 Å². The predicted molar refractivity (Wildman–Crippen MR) is 82.9 cm³/mol. The van der Waals surface area contributed by atoms with Crippen LogP contribution in [0.1, 0.15) is 30.6 Å². The number of hydrogen-bond donors (Lipinski definition) is 1. The van der Waals surface area contributed by atoms with Crippen LogP contribution in [0.4, 0.5) is 0 Å². The monoisotopic (exact) mass is 330 g/mol. The van der Waals surface area contributed by atoms with E-state index in [2.05, 4.69) is 39.3 Å².